The molecule has 0 saturated heterocycles. The maximum absolute atomic E-state index is 12.2. The SMILES string of the molecule is CCCCOc1ccccc1C1NC(=S)NC(C)=C1C(=O)OC. The van der Waals surface area contributed by atoms with Gasteiger partial charge in [-0.15, -0.1) is 0 Å². The van der Waals surface area contributed by atoms with Crippen molar-refractivity contribution in [2.24, 2.45) is 0 Å². The molecule has 0 amide bonds. The summed E-state index contributed by atoms with van der Waals surface area (Å²) in [4.78, 5) is 12.2. The number of thiocarbonyl (C=S) groups is 1. The summed E-state index contributed by atoms with van der Waals surface area (Å²) in [6.45, 7) is 4.57. The maximum atomic E-state index is 12.2. The molecule has 6 heteroatoms. The molecule has 0 radical (unpaired) electrons. The summed E-state index contributed by atoms with van der Waals surface area (Å²) in [6.07, 6.45) is 2.04. The summed E-state index contributed by atoms with van der Waals surface area (Å²) in [7, 11) is 1.37. The fourth-order valence-electron chi connectivity index (χ4n) is 2.48. The first kappa shape index (κ1) is 17.3. The van der Waals surface area contributed by atoms with Crippen LogP contribution in [0, 0.1) is 0 Å². The first-order valence-electron chi connectivity index (χ1n) is 7.66. The van der Waals surface area contributed by atoms with Gasteiger partial charge in [0.25, 0.3) is 0 Å². The molecule has 0 saturated carbocycles. The van der Waals surface area contributed by atoms with Crippen molar-refractivity contribution in [3.8, 4) is 5.75 Å². The van der Waals surface area contributed by atoms with Gasteiger partial charge in [-0.3, -0.25) is 0 Å². The molecule has 1 aromatic carbocycles. The van der Waals surface area contributed by atoms with Crippen LogP contribution in [0.3, 0.4) is 0 Å². The van der Waals surface area contributed by atoms with Gasteiger partial charge in [-0.25, -0.2) is 4.79 Å². The summed E-state index contributed by atoms with van der Waals surface area (Å²) in [5.74, 6) is 0.357. The standard InChI is InChI=1S/C17H22N2O3S/c1-4-5-10-22-13-9-7-6-8-12(13)15-14(16(20)21-3)11(2)18-17(23)19-15/h6-9,15H,4-5,10H2,1-3H3,(H2,18,19,23). The largest absolute Gasteiger partial charge is 0.493 e. The van der Waals surface area contributed by atoms with Crippen molar-refractivity contribution < 1.29 is 14.3 Å². The summed E-state index contributed by atoms with van der Waals surface area (Å²) < 4.78 is 10.8. The Bertz CT molecular complexity index is 628. The van der Waals surface area contributed by atoms with Crippen molar-refractivity contribution in [3.63, 3.8) is 0 Å². The van der Waals surface area contributed by atoms with E-state index in [-0.39, 0.29) is 0 Å². The third kappa shape index (κ3) is 4.01. The predicted octanol–water partition coefficient (Wildman–Crippen LogP) is 2.83. The number of esters is 1. The minimum atomic E-state index is -0.394. The molecule has 2 N–H and O–H groups in total. The molecule has 124 valence electrons. The Kier molecular flexibility index (Phi) is 5.98. The molecule has 1 aromatic rings. The summed E-state index contributed by atoms with van der Waals surface area (Å²) in [6, 6.07) is 7.27. The summed E-state index contributed by atoms with van der Waals surface area (Å²) >= 11 is 5.24. The number of carbonyl (C=O) groups excluding carboxylic acids is 1. The number of hydrogen-bond acceptors (Lipinski definition) is 4. The zero-order valence-corrected chi connectivity index (χ0v) is 14.5. The number of methoxy groups -OCH3 is 1. The molecule has 1 atom stereocenters. The topological polar surface area (TPSA) is 59.6 Å². The van der Waals surface area contributed by atoms with E-state index < -0.39 is 12.0 Å². The van der Waals surface area contributed by atoms with Crippen LogP contribution in [0.4, 0.5) is 0 Å². The Morgan fingerprint density at radius 3 is 2.78 bits per heavy atom. The normalized spacial score (nSPS) is 17.3. The average molecular weight is 334 g/mol. The Balaban J connectivity index is 2.40. The first-order valence-corrected chi connectivity index (χ1v) is 8.07. The summed E-state index contributed by atoms with van der Waals surface area (Å²) in [5, 5.41) is 6.59. The number of allylic oxidation sites excluding steroid dienone is 1. The van der Waals surface area contributed by atoms with Crippen molar-refractivity contribution in [2.75, 3.05) is 13.7 Å². The van der Waals surface area contributed by atoms with Crippen molar-refractivity contribution in [1.29, 1.82) is 0 Å². The second kappa shape index (κ2) is 7.97. The number of ether oxygens (including phenoxy) is 2. The lowest BCUT2D eigenvalue weighted by atomic mass is 9.95. The van der Waals surface area contributed by atoms with E-state index in [1.54, 1.807) is 0 Å². The molecule has 2 rings (SSSR count). The second-order valence-corrected chi connectivity index (χ2v) is 5.71. The number of carbonyl (C=O) groups is 1. The highest BCUT2D eigenvalue weighted by molar-refractivity contribution is 7.80. The van der Waals surface area contributed by atoms with Crippen LogP contribution in [0.1, 0.15) is 38.3 Å². The Labute approximate surface area is 142 Å². The molecular weight excluding hydrogens is 312 g/mol. The Hall–Kier alpha value is -2.08. The number of nitrogens with one attached hydrogen (secondary N) is 2. The molecule has 5 nitrogen and oxygen atoms in total. The Morgan fingerprint density at radius 1 is 1.35 bits per heavy atom. The van der Waals surface area contributed by atoms with Crippen LogP contribution in [0.25, 0.3) is 0 Å². The molecule has 23 heavy (non-hydrogen) atoms. The fourth-order valence-corrected chi connectivity index (χ4v) is 2.76. The molecular formula is C17H22N2O3S. The minimum Gasteiger partial charge on any atom is -0.493 e. The highest BCUT2D eigenvalue weighted by atomic mass is 32.1. The van der Waals surface area contributed by atoms with E-state index >= 15 is 0 Å². The fraction of sp³-hybridized carbons (Fsp3) is 0.412. The van der Waals surface area contributed by atoms with Crippen molar-refractivity contribution in [1.82, 2.24) is 10.6 Å². The lowest BCUT2D eigenvalue weighted by Crippen LogP contribution is -2.45. The van der Waals surface area contributed by atoms with Gasteiger partial charge in [-0.1, -0.05) is 31.5 Å². The van der Waals surface area contributed by atoms with Gasteiger partial charge in [0.05, 0.1) is 25.3 Å². The molecule has 0 bridgehead atoms. The number of unbranched alkanes of at least 4 members (excludes halogenated alkanes) is 1. The number of benzene rings is 1. The third-order valence-corrected chi connectivity index (χ3v) is 3.88. The van der Waals surface area contributed by atoms with Gasteiger partial charge in [-0.05, 0) is 31.6 Å². The maximum Gasteiger partial charge on any atom is 0.337 e. The van der Waals surface area contributed by atoms with E-state index in [0.717, 1.165) is 24.2 Å². The van der Waals surface area contributed by atoms with Gasteiger partial charge < -0.3 is 20.1 Å². The van der Waals surface area contributed by atoms with E-state index in [1.165, 1.54) is 7.11 Å². The highest BCUT2D eigenvalue weighted by Crippen LogP contribution is 2.33. The van der Waals surface area contributed by atoms with Crippen LogP contribution >= 0.6 is 12.2 Å². The minimum absolute atomic E-state index is 0.390. The van der Waals surface area contributed by atoms with Gasteiger partial charge in [0.1, 0.15) is 5.75 Å². The quantitative estimate of drug-likeness (QED) is 0.474. The monoisotopic (exact) mass is 334 g/mol. The lowest BCUT2D eigenvalue weighted by molar-refractivity contribution is -0.136. The predicted molar refractivity (Wildman–Crippen MR) is 93.2 cm³/mol. The van der Waals surface area contributed by atoms with Crippen LogP contribution in [0.15, 0.2) is 35.5 Å². The zero-order valence-electron chi connectivity index (χ0n) is 13.6. The van der Waals surface area contributed by atoms with Crippen LogP contribution in [-0.2, 0) is 9.53 Å². The molecule has 0 aromatic heterocycles. The van der Waals surface area contributed by atoms with Crippen molar-refractivity contribution >= 4 is 23.3 Å². The molecule has 1 aliphatic heterocycles. The van der Waals surface area contributed by atoms with E-state index in [9.17, 15) is 4.79 Å². The van der Waals surface area contributed by atoms with Crippen LogP contribution in [0.2, 0.25) is 0 Å². The molecule has 0 spiro atoms. The van der Waals surface area contributed by atoms with Gasteiger partial charge in [0.15, 0.2) is 5.11 Å². The van der Waals surface area contributed by atoms with Crippen LogP contribution in [-0.4, -0.2) is 24.8 Å². The molecule has 1 unspecified atom stereocenters. The van der Waals surface area contributed by atoms with E-state index in [2.05, 4.69) is 17.6 Å². The number of hydrogen-bond donors (Lipinski definition) is 2. The van der Waals surface area contributed by atoms with Crippen molar-refractivity contribution in [2.45, 2.75) is 32.7 Å². The van der Waals surface area contributed by atoms with Crippen LogP contribution in [0.5, 0.6) is 5.75 Å². The van der Waals surface area contributed by atoms with Crippen molar-refractivity contribution in [3.05, 3.63) is 41.1 Å². The molecule has 1 aliphatic rings. The molecule has 0 aliphatic carbocycles. The molecule has 0 fully saturated rings. The third-order valence-electron chi connectivity index (χ3n) is 3.66. The molecule has 1 heterocycles. The zero-order chi connectivity index (χ0) is 16.8. The van der Waals surface area contributed by atoms with E-state index in [4.69, 9.17) is 21.7 Å². The highest BCUT2D eigenvalue weighted by Gasteiger charge is 2.32. The number of para-hydroxylation sites is 1. The second-order valence-electron chi connectivity index (χ2n) is 5.30. The number of rotatable bonds is 6. The van der Waals surface area contributed by atoms with E-state index in [0.29, 0.717) is 23.0 Å². The van der Waals surface area contributed by atoms with Gasteiger partial charge in [0, 0.05) is 11.3 Å². The van der Waals surface area contributed by atoms with Crippen LogP contribution < -0.4 is 15.4 Å². The van der Waals surface area contributed by atoms with E-state index in [1.807, 2.05) is 31.2 Å². The van der Waals surface area contributed by atoms with Gasteiger partial charge in [0.2, 0.25) is 0 Å². The first-order chi connectivity index (χ1) is 11.1. The smallest absolute Gasteiger partial charge is 0.337 e. The average Bonchev–Trinajstić information content (AvgIpc) is 2.54. The Morgan fingerprint density at radius 2 is 2.09 bits per heavy atom. The van der Waals surface area contributed by atoms with Gasteiger partial charge >= 0.3 is 5.97 Å². The summed E-state index contributed by atoms with van der Waals surface area (Å²) in [5.41, 5.74) is 2.06. The van der Waals surface area contributed by atoms with Gasteiger partial charge in [-0.2, -0.15) is 0 Å². The lowest BCUT2D eigenvalue weighted by Gasteiger charge is -2.30.